The number of benzene rings is 1. The standard InChI is InChI=1S/C19H19F4N5O2S/c20-14-2-1-3-15-18(14)25-17(26-31(15,29)30)12-28-8-6-27(7-9-28)11-13-4-5-16(24-10-13)19(21,22)23/h1-5,10H,6-9,11-12H2,(H,25,26). The van der Waals surface area contributed by atoms with E-state index in [9.17, 15) is 26.0 Å². The van der Waals surface area contributed by atoms with E-state index in [4.69, 9.17) is 0 Å². The number of para-hydroxylation sites is 1. The summed E-state index contributed by atoms with van der Waals surface area (Å²) >= 11 is 0. The minimum Gasteiger partial charge on any atom is -0.338 e. The van der Waals surface area contributed by atoms with Gasteiger partial charge >= 0.3 is 6.18 Å². The van der Waals surface area contributed by atoms with Gasteiger partial charge in [0.05, 0.1) is 12.2 Å². The lowest BCUT2D eigenvalue weighted by Crippen LogP contribution is -2.48. The monoisotopic (exact) mass is 457 g/mol. The fourth-order valence-corrected chi connectivity index (χ4v) is 4.68. The molecule has 1 saturated heterocycles. The first-order chi connectivity index (χ1) is 14.6. The van der Waals surface area contributed by atoms with E-state index in [-0.39, 0.29) is 23.0 Å². The number of pyridine rings is 1. The van der Waals surface area contributed by atoms with Gasteiger partial charge in [0.2, 0.25) is 0 Å². The van der Waals surface area contributed by atoms with Crippen molar-refractivity contribution in [2.75, 3.05) is 38.0 Å². The molecule has 1 N–H and O–H groups in total. The molecule has 2 aliphatic heterocycles. The third kappa shape index (κ3) is 4.86. The predicted octanol–water partition coefficient (Wildman–Crippen LogP) is 2.57. The Morgan fingerprint density at radius 1 is 1.00 bits per heavy atom. The van der Waals surface area contributed by atoms with Crippen LogP contribution in [0.2, 0.25) is 0 Å². The molecule has 2 aliphatic rings. The van der Waals surface area contributed by atoms with E-state index in [2.05, 4.69) is 19.6 Å². The van der Waals surface area contributed by atoms with Gasteiger partial charge < -0.3 is 5.32 Å². The second-order valence-corrected chi connectivity index (χ2v) is 8.93. The number of sulfonamides is 1. The van der Waals surface area contributed by atoms with Crippen LogP contribution in [0.5, 0.6) is 0 Å². The molecule has 0 atom stereocenters. The first-order valence-electron chi connectivity index (χ1n) is 9.48. The van der Waals surface area contributed by atoms with Crippen LogP contribution in [0.15, 0.2) is 45.8 Å². The van der Waals surface area contributed by atoms with E-state index in [1.165, 1.54) is 30.5 Å². The SMILES string of the molecule is O=S1(=O)N=C(CN2CCN(Cc3ccc(C(F)(F)F)nc3)CC2)Nc2c(F)cccc21. The van der Waals surface area contributed by atoms with Crippen molar-refractivity contribution in [1.29, 1.82) is 0 Å². The maximum atomic E-state index is 14.0. The van der Waals surface area contributed by atoms with Crippen LogP contribution in [-0.4, -0.2) is 61.8 Å². The lowest BCUT2D eigenvalue weighted by Gasteiger charge is -2.35. The van der Waals surface area contributed by atoms with Gasteiger partial charge in [-0.15, -0.1) is 4.40 Å². The molecule has 1 aromatic heterocycles. The third-order valence-corrected chi connectivity index (χ3v) is 6.47. The number of piperazine rings is 1. The quantitative estimate of drug-likeness (QED) is 0.712. The zero-order valence-corrected chi connectivity index (χ0v) is 17.0. The highest BCUT2D eigenvalue weighted by molar-refractivity contribution is 7.90. The molecule has 31 heavy (non-hydrogen) atoms. The summed E-state index contributed by atoms with van der Waals surface area (Å²) in [7, 11) is -3.97. The van der Waals surface area contributed by atoms with Crippen molar-refractivity contribution in [3.8, 4) is 0 Å². The maximum Gasteiger partial charge on any atom is 0.433 e. The van der Waals surface area contributed by atoms with Gasteiger partial charge in [0.15, 0.2) is 0 Å². The molecule has 1 aromatic carbocycles. The van der Waals surface area contributed by atoms with Crippen molar-refractivity contribution in [1.82, 2.24) is 14.8 Å². The number of hydrogen-bond acceptors (Lipinski definition) is 6. The summed E-state index contributed by atoms with van der Waals surface area (Å²) in [4.78, 5) is 7.34. The van der Waals surface area contributed by atoms with E-state index in [1.54, 1.807) is 0 Å². The van der Waals surface area contributed by atoms with E-state index in [1.807, 2.05) is 4.90 Å². The van der Waals surface area contributed by atoms with Crippen LogP contribution in [-0.2, 0) is 22.7 Å². The molecule has 2 aromatic rings. The Morgan fingerprint density at radius 3 is 2.29 bits per heavy atom. The van der Waals surface area contributed by atoms with Gasteiger partial charge in [-0.2, -0.15) is 21.6 Å². The topological polar surface area (TPSA) is 77.9 Å². The lowest BCUT2D eigenvalue weighted by atomic mass is 10.2. The Kier molecular flexibility index (Phi) is 5.71. The molecule has 0 amide bonds. The van der Waals surface area contributed by atoms with Crippen molar-refractivity contribution >= 4 is 21.5 Å². The summed E-state index contributed by atoms with van der Waals surface area (Å²) in [5.74, 6) is -0.513. The van der Waals surface area contributed by atoms with Gasteiger partial charge in [0.1, 0.15) is 22.2 Å². The molecule has 3 heterocycles. The Balaban J connectivity index is 1.34. The first kappa shape index (κ1) is 21.7. The average molecular weight is 457 g/mol. The van der Waals surface area contributed by atoms with E-state index in [0.717, 1.165) is 6.07 Å². The maximum absolute atomic E-state index is 14.0. The largest absolute Gasteiger partial charge is 0.433 e. The van der Waals surface area contributed by atoms with Crippen molar-refractivity contribution in [2.45, 2.75) is 17.6 Å². The molecule has 166 valence electrons. The highest BCUT2D eigenvalue weighted by Gasteiger charge is 2.32. The lowest BCUT2D eigenvalue weighted by molar-refractivity contribution is -0.141. The summed E-state index contributed by atoms with van der Waals surface area (Å²) in [6.45, 7) is 3.13. The minimum atomic E-state index is -4.46. The zero-order valence-electron chi connectivity index (χ0n) is 16.2. The number of rotatable bonds is 4. The number of alkyl halides is 3. The van der Waals surface area contributed by atoms with Crippen LogP contribution >= 0.6 is 0 Å². The molecule has 0 unspecified atom stereocenters. The number of nitrogens with zero attached hydrogens (tertiary/aromatic N) is 4. The molecule has 7 nitrogen and oxygen atoms in total. The van der Waals surface area contributed by atoms with Gasteiger partial charge in [-0.25, -0.2) is 4.39 Å². The van der Waals surface area contributed by atoms with Gasteiger partial charge in [0.25, 0.3) is 10.0 Å². The number of aromatic nitrogens is 1. The van der Waals surface area contributed by atoms with Crippen LogP contribution in [0, 0.1) is 5.82 Å². The van der Waals surface area contributed by atoms with Crippen molar-refractivity contribution < 1.29 is 26.0 Å². The fourth-order valence-electron chi connectivity index (χ4n) is 3.53. The van der Waals surface area contributed by atoms with Crippen molar-refractivity contribution in [3.63, 3.8) is 0 Å². The fraction of sp³-hybridized carbons (Fsp3) is 0.368. The normalized spacial score (nSPS) is 19.4. The second kappa shape index (κ2) is 8.17. The molecule has 0 aliphatic carbocycles. The van der Waals surface area contributed by atoms with Crippen molar-refractivity contribution in [2.24, 2.45) is 4.40 Å². The van der Waals surface area contributed by atoms with E-state index >= 15 is 0 Å². The molecule has 0 radical (unpaired) electrons. The molecule has 0 saturated carbocycles. The summed E-state index contributed by atoms with van der Waals surface area (Å²) in [6, 6.07) is 6.18. The molecule has 0 bridgehead atoms. The highest BCUT2D eigenvalue weighted by Crippen LogP contribution is 2.30. The summed E-state index contributed by atoms with van der Waals surface area (Å²) < 4.78 is 80.3. The van der Waals surface area contributed by atoms with Crippen molar-refractivity contribution in [3.05, 3.63) is 53.6 Å². The Hall–Kier alpha value is -2.57. The average Bonchev–Trinajstić information content (AvgIpc) is 2.70. The third-order valence-electron chi connectivity index (χ3n) is 5.11. The number of anilines is 1. The number of hydrogen-bond donors (Lipinski definition) is 1. The van der Waals surface area contributed by atoms with E-state index in [0.29, 0.717) is 38.3 Å². The van der Waals surface area contributed by atoms with Crippen LogP contribution in [0.1, 0.15) is 11.3 Å². The van der Waals surface area contributed by atoms with Crippen LogP contribution in [0.25, 0.3) is 0 Å². The van der Waals surface area contributed by atoms with Crippen LogP contribution in [0.3, 0.4) is 0 Å². The van der Waals surface area contributed by atoms with Gasteiger partial charge in [0, 0.05) is 38.9 Å². The number of fused-ring (bicyclic) bond motifs is 1. The smallest absolute Gasteiger partial charge is 0.338 e. The van der Waals surface area contributed by atoms with Gasteiger partial charge in [-0.05, 0) is 23.8 Å². The van der Waals surface area contributed by atoms with Gasteiger partial charge in [-0.3, -0.25) is 14.8 Å². The number of halogens is 4. The Bertz CT molecular complexity index is 1100. The minimum absolute atomic E-state index is 0.0964. The molecular weight excluding hydrogens is 438 g/mol. The second-order valence-electron chi connectivity index (χ2n) is 7.35. The number of amidine groups is 1. The highest BCUT2D eigenvalue weighted by atomic mass is 32.2. The molecule has 0 spiro atoms. The van der Waals surface area contributed by atoms with Gasteiger partial charge in [-0.1, -0.05) is 12.1 Å². The summed E-state index contributed by atoms with van der Waals surface area (Å²) in [5.41, 5.74) is -0.339. The summed E-state index contributed by atoms with van der Waals surface area (Å²) in [5, 5.41) is 2.78. The predicted molar refractivity (Wildman–Crippen MR) is 106 cm³/mol. The van der Waals surface area contributed by atoms with Crippen LogP contribution in [0.4, 0.5) is 23.2 Å². The zero-order chi connectivity index (χ0) is 22.2. The summed E-state index contributed by atoms with van der Waals surface area (Å²) in [6.07, 6.45) is -3.23. The Morgan fingerprint density at radius 2 is 1.68 bits per heavy atom. The first-order valence-corrected chi connectivity index (χ1v) is 10.9. The van der Waals surface area contributed by atoms with Crippen LogP contribution < -0.4 is 5.32 Å². The molecule has 12 heteroatoms. The van der Waals surface area contributed by atoms with E-state index < -0.39 is 27.7 Å². The number of nitrogens with one attached hydrogen (secondary N) is 1. The molecular formula is C19H19F4N5O2S. The molecule has 4 rings (SSSR count). The Labute approximate surface area is 176 Å². The molecule has 1 fully saturated rings.